The number of hydrogen-bond acceptors (Lipinski definition) is 3. The summed E-state index contributed by atoms with van der Waals surface area (Å²) in [5, 5.41) is 0. The van der Waals surface area contributed by atoms with Crippen molar-refractivity contribution in [3.63, 3.8) is 0 Å². The van der Waals surface area contributed by atoms with Crippen LogP contribution in [0.4, 0.5) is 0 Å². The highest BCUT2D eigenvalue weighted by atomic mass is 16.5. The molecule has 0 bridgehead atoms. The molecule has 3 nitrogen and oxygen atoms in total. The van der Waals surface area contributed by atoms with E-state index in [1.807, 2.05) is 48.5 Å². The van der Waals surface area contributed by atoms with Crippen LogP contribution < -0.4 is 9.47 Å². The molecule has 0 radical (unpaired) electrons. The Labute approximate surface area is 137 Å². The zero-order valence-electron chi connectivity index (χ0n) is 13.2. The molecule has 0 spiro atoms. The molecule has 23 heavy (non-hydrogen) atoms. The lowest BCUT2D eigenvalue weighted by Gasteiger charge is -2.21. The summed E-state index contributed by atoms with van der Waals surface area (Å²) in [7, 11) is 3.18. The van der Waals surface area contributed by atoms with Crippen molar-refractivity contribution in [2.75, 3.05) is 14.2 Å². The van der Waals surface area contributed by atoms with Gasteiger partial charge in [0.15, 0.2) is 0 Å². The van der Waals surface area contributed by atoms with Crippen LogP contribution in [-0.4, -0.2) is 14.2 Å². The predicted octanol–water partition coefficient (Wildman–Crippen LogP) is 3.77. The fourth-order valence-electron chi connectivity index (χ4n) is 2.31. The minimum Gasteiger partial charge on any atom is -0.496 e. The number of terminal acetylenes is 2. The van der Waals surface area contributed by atoms with Crippen LogP contribution in [0.3, 0.4) is 0 Å². The van der Waals surface area contributed by atoms with Crippen LogP contribution in [0.1, 0.15) is 23.3 Å². The molecule has 0 amide bonds. The molecule has 2 aromatic carbocycles. The third-order valence-corrected chi connectivity index (χ3v) is 3.42. The monoisotopic (exact) mass is 306 g/mol. The van der Waals surface area contributed by atoms with Crippen LogP contribution >= 0.6 is 0 Å². The minimum absolute atomic E-state index is 0.628. The van der Waals surface area contributed by atoms with E-state index < -0.39 is 12.2 Å². The molecule has 0 N–H and O–H groups in total. The quantitative estimate of drug-likeness (QED) is 0.760. The van der Waals surface area contributed by atoms with Gasteiger partial charge in [-0.25, -0.2) is 0 Å². The van der Waals surface area contributed by atoms with E-state index in [9.17, 15) is 0 Å². The predicted molar refractivity (Wildman–Crippen MR) is 90.2 cm³/mol. The Morgan fingerprint density at radius 3 is 1.48 bits per heavy atom. The van der Waals surface area contributed by atoms with Gasteiger partial charge in [0.1, 0.15) is 23.7 Å². The molecule has 3 heteroatoms. The van der Waals surface area contributed by atoms with Crippen molar-refractivity contribution in [1.29, 1.82) is 0 Å². The fourth-order valence-corrected chi connectivity index (χ4v) is 2.31. The molecule has 2 unspecified atom stereocenters. The maximum Gasteiger partial charge on any atom is 0.148 e. The van der Waals surface area contributed by atoms with Crippen molar-refractivity contribution in [1.82, 2.24) is 0 Å². The molecule has 0 heterocycles. The molecular weight excluding hydrogens is 288 g/mol. The first-order valence-corrected chi connectivity index (χ1v) is 7.08. The average Bonchev–Trinajstić information content (AvgIpc) is 2.63. The van der Waals surface area contributed by atoms with Gasteiger partial charge in [-0.3, -0.25) is 0 Å². The summed E-state index contributed by atoms with van der Waals surface area (Å²) in [5.41, 5.74) is 1.51. The average molecular weight is 306 g/mol. The largest absolute Gasteiger partial charge is 0.496 e. The Kier molecular flexibility index (Phi) is 5.69. The number of para-hydroxylation sites is 2. The van der Waals surface area contributed by atoms with Crippen LogP contribution in [0.15, 0.2) is 48.5 Å². The lowest BCUT2D eigenvalue weighted by molar-refractivity contribution is 0.0488. The van der Waals surface area contributed by atoms with E-state index in [1.165, 1.54) is 0 Å². The molecular formula is C20H18O3. The van der Waals surface area contributed by atoms with E-state index in [2.05, 4.69) is 11.8 Å². The number of rotatable bonds is 6. The van der Waals surface area contributed by atoms with E-state index in [0.29, 0.717) is 11.5 Å². The summed E-state index contributed by atoms with van der Waals surface area (Å²) in [4.78, 5) is 0. The second-order valence-corrected chi connectivity index (χ2v) is 4.71. The molecule has 0 fully saturated rings. The lowest BCUT2D eigenvalue weighted by atomic mass is 10.1. The van der Waals surface area contributed by atoms with Crippen LogP contribution in [0.2, 0.25) is 0 Å². The summed E-state index contributed by atoms with van der Waals surface area (Å²) in [6, 6.07) is 14.9. The topological polar surface area (TPSA) is 27.7 Å². The zero-order valence-corrected chi connectivity index (χ0v) is 13.2. The maximum atomic E-state index is 5.97. The van der Waals surface area contributed by atoms with Crippen LogP contribution in [0.5, 0.6) is 11.5 Å². The third-order valence-electron chi connectivity index (χ3n) is 3.42. The highest BCUT2D eigenvalue weighted by Crippen LogP contribution is 2.34. The number of ether oxygens (including phenoxy) is 3. The van der Waals surface area contributed by atoms with Gasteiger partial charge < -0.3 is 14.2 Å². The Bertz CT molecular complexity index is 674. The molecule has 2 rings (SSSR count). The molecule has 0 aliphatic carbocycles. The van der Waals surface area contributed by atoms with Gasteiger partial charge in [-0.05, 0) is 12.1 Å². The van der Waals surface area contributed by atoms with E-state index >= 15 is 0 Å². The van der Waals surface area contributed by atoms with Crippen molar-refractivity contribution >= 4 is 0 Å². The van der Waals surface area contributed by atoms with Crippen molar-refractivity contribution < 1.29 is 14.2 Å². The standard InChI is InChI=1S/C20H18O3/c1-5-17(15-11-7-9-13-19(15)21-3)23-18(6-2)16-12-8-10-14-20(16)22-4/h1-2,7-14,17-18H,3-4H3. The first-order chi connectivity index (χ1) is 11.2. The normalized spacial score (nSPS) is 12.5. The van der Waals surface area contributed by atoms with Crippen molar-refractivity contribution in [2.24, 2.45) is 0 Å². The molecule has 0 aliphatic heterocycles. The van der Waals surface area contributed by atoms with E-state index in [-0.39, 0.29) is 0 Å². The van der Waals surface area contributed by atoms with E-state index in [4.69, 9.17) is 27.1 Å². The van der Waals surface area contributed by atoms with Gasteiger partial charge in [0.2, 0.25) is 0 Å². The summed E-state index contributed by atoms with van der Waals surface area (Å²) < 4.78 is 16.7. The van der Waals surface area contributed by atoms with Gasteiger partial charge in [0.05, 0.1) is 14.2 Å². The second-order valence-electron chi connectivity index (χ2n) is 4.71. The molecule has 0 saturated heterocycles. The minimum atomic E-state index is -0.628. The van der Waals surface area contributed by atoms with Gasteiger partial charge in [0.25, 0.3) is 0 Å². The summed E-state index contributed by atoms with van der Waals surface area (Å²) in [6.45, 7) is 0. The van der Waals surface area contributed by atoms with Gasteiger partial charge in [-0.1, -0.05) is 48.2 Å². The van der Waals surface area contributed by atoms with Crippen molar-refractivity contribution in [3.8, 4) is 36.2 Å². The van der Waals surface area contributed by atoms with Gasteiger partial charge in [-0.15, -0.1) is 12.8 Å². The van der Waals surface area contributed by atoms with Crippen LogP contribution in [0, 0.1) is 24.7 Å². The smallest absolute Gasteiger partial charge is 0.148 e. The first-order valence-electron chi connectivity index (χ1n) is 7.08. The first kappa shape index (κ1) is 16.5. The number of hydrogen-bond donors (Lipinski definition) is 0. The lowest BCUT2D eigenvalue weighted by Crippen LogP contribution is -2.10. The van der Waals surface area contributed by atoms with E-state index in [1.54, 1.807) is 14.2 Å². The molecule has 2 aromatic rings. The molecule has 116 valence electrons. The fraction of sp³-hybridized carbons (Fsp3) is 0.200. The maximum absolute atomic E-state index is 5.97. The molecule has 0 aliphatic rings. The van der Waals surface area contributed by atoms with Gasteiger partial charge in [-0.2, -0.15) is 0 Å². The second kappa shape index (κ2) is 7.94. The summed E-state index contributed by atoms with van der Waals surface area (Å²) in [5.74, 6) is 6.57. The number of benzene rings is 2. The Morgan fingerprint density at radius 2 is 1.13 bits per heavy atom. The van der Waals surface area contributed by atoms with Crippen molar-refractivity contribution in [2.45, 2.75) is 12.2 Å². The zero-order chi connectivity index (χ0) is 16.7. The SMILES string of the molecule is C#CC(OC(C#C)c1ccccc1OC)c1ccccc1OC. The highest BCUT2D eigenvalue weighted by Gasteiger charge is 2.21. The Balaban J connectivity index is 2.33. The van der Waals surface area contributed by atoms with E-state index in [0.717, 1.165) is 11.1 Å². The molecule has 0 saturated carbocycles. The molecule has 2 atom stereocenters. The number of methoxy groups -OCH3 is 2. The third kappa shape index (κ3) is 3.66. The van der Waals surface area contributed by atoms with Gasteiger partial charge >= 0.3 is 0 Å². The van der Waals surface area contributed by atoms with Crippen LogP contribution in [0.25, 0.3) is 0 Å². The van der Waals surface area contributed by atoms with Crippen molar-refractivity contribution in [3.05, 3.63) is 59.7 Å². The highest BCUT2D eigenvalue weighted by molar-refractivity contribution is 5.41. The Morgan fingerprint density at radius 1 is 0.739 bits per heavy atom. The summed E-state index contributed by atoms with van der Waals surface area (Å²) in [6.07, 6.45) is 10.0. The molecule has 0 aromatic heterocycles. The van der Waals surface area contributed by atoms with Crippen LogP contribution in [-0.2, 0) is 4.74 Å². The summed E-state index contributed by atoms with van der Waals surface area (Å²) >= 11 is 0. The Hall–Kier alpha value is -2.88. The van der Waals surface area contributed by atoms with Gasteiger partial charge in [0, 0.05) is 11.1 Å².